The van der Waals surface area contributed by atoms with Crippen molar-refractivity contribution >= 4 is 22.7 Å². The fraction of sp³-hybridized carbons (Fsp3) is 0.360. The Balaban J connectivity index is 1.80. The van der Waals surface area contributed by atoms with Gasteiger partial charge in [-0.05, 0) is 47.7 Å². The number of amides is 2. The molecule has 158 valence electrons. The Morgan fingerprint density at radius 2 is 1.60 bits per heavy atom. The first-order valence-electron chi connectivity index (χ1n) is 10.3. The molecule has 0 radical (unpaired) electrons. The van der Waals surface area contributed by atoms with Crippen LogP contribution in [0.2, 0.25) is 0 Å². The number of rotatable bonds is 5. The molecule has 2 aromatic carbocycles. The van der Waals surface area contributed by atoms with Gasteiger partial charge in [0.05, 0.1) is 0 Å². The highest BCUT2D eigenvalue weighted by Gasteiger charge is 2.19. The molecule has 1 N–H and O–H groups in total. The molecule has 1 aromatic heterocycles. The van der Waals surface area contributed by atoms with Crippen LogP contribution in [0.25, 0.3) is 10.9 Å². The van der Waals surface area contributed by atoms with Crippen molar-refractivity contribution in [1.82, 2.24) is 14.8 Å². The summed E-state index contributed by atoms with van der Waals surface area (Å²) in [6, 6.07) is 15.7. The first kappa shape index (κ1) is 21.6. The Bertz CT molecular complexity index is 1060. The van der Waals surface area contributed by atoms with E-state index in [2.05, 4.69) is 44.0 Å². The Hall–Kier alpha value is -3.08. The minimum Gasteiger partial charge on any atom is -0.351 e. The SMILES string of the molecule is CCN(Cc1ccc(C(=O)N(C)C)cc1)C(=O)c1cc2ccc(C(C)(C)C)cc2[nH]1. The van der Waals surface area contributed by atoms with Crippen LogP contribution in [-0.4, -0.2) is 47.2 Å². The molecule has 0 bridgehead atoms. The van der Waals surface area contributed by atoms with Crippen molar-refractivity contribution in [2.24, 2.45) is 0 Å². The second kappa shape index (κ2) is 8.34. The number of benzene rings is 2. The summed E-state index contributed by atoms with van der Waals surface area (Å²) in [5, 5.41) is 1.04. The van der Waals surface area contributed by atoms with E-state index >= 15 is 0 Å². The second-order valence-corrected chi connectivity index (χ2v) is 8.95. The summed E-state index contributed by atoms with van der Waals surface area (Å²) in [5.41, 5.74) is 4.50. The highest BCUT2D eigenvalue weighted by Crippen LogP contribution is 2.26. The summed E-state index contributed by atoms with van der Waals surface area (Å²) >= 11 is 0. The van der Waals surface area contributed by atoms with Crippen LogP contribution in [0.5, 0.6) is 0 Å². The van der Waals surface area contributed by atoms with Crippen molar-refractivity contribution in [2.45, 2.75) is 39.7 Å². The molecule has 0 aliphatic heterocycles. The van der Waals surface area contributed by atoms with Gasteiger partial charge in [0.25, 0.3) is 11.8 Å². The van der Waals surface area contributed by atoms with Gasteiger partial charge in [-0.2, -0.15) is 0 Å². The monoisotopic (exact) mass is 405 g/mol. The van der Waals surface area contributed by atoms with Gasteiger partial charge in [0.2, 0.25) is 0 Å². The van der Waals surface area contributed by atoms with E-state index in [0.717, 1.165) is 16.5 Å². The zero-order chi connectivity index (χ0) is 22.1. The molecule has 0 fully saturated rings. The van der Waals surface area contributed by atoms with Gasteiger partial charge in [0, 0.05) is 43.7 Å². The molecule has 3 rings (SSSR count). The summed E-state index contributed by atoms with van der Waals surface area (Å²) in [5.74, 6) is -0.0582. The minimum absolute atomic E-state index is 0.0283. The highest BCUT2D eigenvalue weighted by molar-refractivity contribution is 5.98. The predicted molar refractivity (Wildman–Crippen MR) is 122 cm³/mol. The molecule has 0 unspecified atom stereocenters. The standard InChI is InChI=1S/C25H31N3O2/c1-7-28(16-17-8-10-18(11-9-17)23(29)27(5)6)24(30)22-14-19-12-13-20(25(2,3)4)15-21(19)26-22/h8-15,26H,7,16H2,1-6H3. The third-order valence-electron chi connectivity index (χ3n) is 5.37. The van der Waals surface area contributed by atoms with E-state index in [1.54, 1.807) is 23.9 Å². The largest absolute Gasteiger partial charge is 0.351 e. The van der Waals surface area contributed by atoms with Crippen molar-refractivity contribution in [2.75, 3.05) is 20.6 Å². The molecule has 30 heavy (non-hydrogen) atoms. The first-order valence-corrected chi connectivity index (χ1v) is 10.3. The second-order valence-electron chi connectivity index (χ2n) is 8.95. The average molecular weight is 406 g/mol. The van der Waals surface area contributed by atoms with E-state index in [4.69, 9.17) is 0 Å². The van der Waals surface area contributed by atoms with Gasteiger partial charge in [-0.1, -0.05) is 45.0 Å². The molecule has 5 nitrogen and oxygen atoms in total. The smallest absolute Gasteiger partial charge is 0.270 e. The number of nitrogens with zero attached hydrogens (tertiary/aromatic N) is 2. The molecule has 0 saturated carbocycles. The molecular weight excluding hydrogens is 374 g/mol. The minimum atomic E-state index is -0.0299. The Morgan fingerprint density at radius 3 is 2.17 bits per heavy atom. The van der Waals surface area contributed by atoms with Gasteiger partial charge in [-0.25, -0.2) is 0 Å². The molecule has 0 spiro atoms. The van der Waals surface area contributed by atoms with Crippen molar-refractivity contribution in [3.63, 3.8) is 0 Å². The molecule has 0 atom stereocenters. The normalized spacial score (nSPS) is 11.5. The van der Waals surface area contributed by atoms with E-state index in [1.807, 2.05) is 37.3 Å². The quantitative estimate of drug-likeness (QED) is 0.661. The maximum Gasteiger partial charge on any atom is 0.270 e. The molecule has 2 amide bonds. The molecule has 0 aliphatic rings. The van der Waals surface area contributed by atoms with Crippen LogP contribution >= 0.6 is 0 Å². The summed E-state index contributed by atoms with van der Waals surface area (Å²) in [6.07, 6.45) is 0. The van der Waals surface area contributed by atoms with E-state index in [-0.39, 0.29) is 17.2 Å². The summed E-state index contributed by atoms with van der Waals surface area (Å²) in [4.78, 5) is 31.8. The number of nitrogens with one attached hydrogen (secondary N) is 1. The van der Waals surface area contributed by atoms with Gasteiger partial charge in [0.1, 0.15) is 5.69 Å². The van der Waals surface area contributed by atoms with Crippen LogP contribution in [0.3, 0.4) is 0 Å². The summed E-state index contributed by atoms with van der Waals surface area (Å²) in [7, 11) is 3.47. The predicted octanol–water partition coefficient (Wildman–Crippen LogP) is 4.83. The summed E-state index contributed by atoms with van der Waals surface area (Å²) in [6.45, 7) is 9.61. The number of carbonyl (C=O) groups excluding carboxylic acids is 2. The number of hydrogen-bond donors (Lipinski definition) is 1. The van der Waals surface area contributed by atoms with E-state index in [0.29, 0.717) is 24.3 Å². The van der Waals surface area contributed by atoms with Crippen molar-refractivity contribution < 1.29 is 9.59 Å². The van der Waals surface area contributed by atoms with Crippen molar-refractivity contribution in [3.05, 3.63) is 70.9 Å². The average Bonchev–Trinajstić information content (AvgIpc) is 3.14. The van der Waals surface area contributed by atoms with Crippen molar-refractivity contribution in [3.8, 4) is 0 Å². The highest BCUT2D eigenvalue weighted by atomic mass is 16.2. The van der Waals surface area contributed by atoms with Crippen LogP contribution in [-0.2, 0) is 12.0 Å². The number of carbonyl (C=O) groups is 2. The number of aromatic amines is 1. The number of aromatic nitrogens is 1. The van der Waals surface area contributed by atoms with E-state index in [1.165, 1.54) is 5.56 Å². The van der Waals surface area contributed by atoms with Gasteiger partial charge in [0.15, 0.2) is 0 Å². The fourth-order valence-corrected chi connectivity index (χ4v) is 3.44. The lowest BCUT2D eigenvalue weighted by Crippen LogP contribution is -2.30. The lowest BCUT2D eigenvalue weighted by Gasteiger charge is -2.20. The van der Waals surface area contributed by atoms with Crippen LogP contribution < -0.4 is 0 Å². The number of H-pyrrole nitrogens is 1. The topological polar surface area (TPSA) is 56.4 Å². The zero-order valence-electron chi connectivity index (χ0n) is 18.7. The van der Waals surface area contributed by atoms with E-state index < -0.39 is 0 Å². The Morgan fingerprint density at radius 1 is 0.933 bits per heavy atom. The van der Waals surface area contributed by atoms with Gasteiger partial charge in [-0.15, -0.1) is 0 Å². The third-order valence-corrected chi connectivity index (χ3v) is 5.37. The lowest BCUT2D eigenvalue weighted by molar-refractivity contribution is 0.0746. The maximum absolute atomic E-state index is 13.1. The zero-order valence-corrected chi connectivity index (χ0v) is 18.7. The number of hydrogen-bond acceptors (Lipinski definition) is 2. The maximum atomic E-state index is 13.1. The van der Waals surface area contributed by atoms with Crippen LogP contribution in [0.1, 0.15) is 59.7 Å². The van der Waals surface area contributed by atoms with Crippen LogP contribution in [0.15, 0.2) is 48.5 Å². The summed E-state index contributed by atoms with van der Waals surface area (Å²) < 4.78 is 0. The fourth-order valence-electron chi connectivity index (χ4n) is 3.44. The van der Waals surface area contributed by atoms with E-state index in [9.17, 15) is 9.59 Å². The number of fused-ring (bicyclic) bond motifs is 1. The molecule has 1 heterocycles. The lowest BCUT2D eigenvalue weighted by atomic mass is 9.87. The molecule has 5 heteroatoms. The van der Waals surface area contributed by atoms with Crippen molar-refractivity contribution in [1.29, 1.82) is 0 Å². The molecule has 0 saturated heterocycles. The van der Waals surface area contributed by atoms with Gasteiger partial charge in [-0.3, -0.25) is 9.59 Å². The molecule has 0 aliphatic carbocycles. The van der Waals surface area contributed by atoms with Crippen LogP contribution in [0.4, 0.5) is 0 Å². The van der Waals surface area contributed by atoms with Crippen LogP contribution in [0, 0.1) is 0 Å². The molecule has 3 aromatic rings. The van der Waals surface area contributed by atoms with Gasteiger partial charge >= 0.3 is 0 Å². The van der Waals surface area contributed by atoms with Gasteiger partial charge < -0.3 is 14.8 Å². The Labute approximate surface area is 178 Å². The first-order chi connectivity index (χ1) is 14.1. The Kier molecular flexibility index (Phi) is 6.01. The third kappa shape index (κ3) is 4.56. The molecular formula is C25H31N3O2.